The Labute approximate surface area is 555 Å². The number of aliphatic hydroxyl groups is 11. The van der Waals surface area contributed by atoms with Crippen molar-refractivity contribution < 1.29 is 89.4 Å². The number of hydrogen-bond donors (Lipinski definition) is 12. The molecule has 19 heteroatoms. The third-order valence-electron chi connectivity index (χ3n) is 18.7. The van der Waals surface area contributed by atoms with Gasteiger partial charge in [0.25, 0.3) is 0 Å². The van der Waals surface area contributed by atoms with Crippen molar-refractivity contribution in [3.05, 3.63) is 36.5 Å². The summed E-state index contributed by atoms with van der Waals surface area (Å²) in [7, 11) is 0. The molecule has 19 nitrogen and oxygen atoms in total. The first kappa shape index (κ1) is 84.2. The lowest BCUT2D eigenvalue weighted by molar-refractivity contribution is -0.379. The van der Waals surface area contributed by atoms with E-state index in [9.17, 15) is 61.0 Å². The maximum absolute atomic E-state index is 13.4. The third-order valence-corrected chi connectivity index (χ3v) is 18.7. The highest BCUT2D eigenvalue weighted by atomic mass is 16.8. The van der Waals surface area contributed by atoms with E-state index in [4.69, 9.17) is 28.4 Å². The molecule has 1 amide bonds. The van der Waals surface area contributed by atoms with E-state index in [2.05, 4.69) is 55.6 Å². The fraction of sp³-hybridized carbons (Fsp3) is 0.904. The normalized spacial score (nSPS) is 27.9. The lowest BCUT2D eigenvalue weighted by Gasteiger charge is -2.48. The van der Waals surface area contributed by atoms with Gasteiger partial charge in [-0.1, -0.05) is 269 Å². The summed E-state index contributed by atoms with van der Waals surface area (Å²) in [6, 6.07) is -0.896. The fourth-order valence-electron chi connectivity index (χ4n) is 12.7. The standard InChI is InChI=1S/C73H135NO18/c1-3-5-7-9-11-13-15-17-19-21-23-25-26-27-28-29-31-32-34-36-38-40-42-44-46-48-50-57(78)56(74-61(79)51-49-47-45-43-41-39-37-35-33-30-24-22-20-18-16-14-12-10-8-6-4-2)55-87-71-67(85)64(82)69(59(53-76)89-71)92-73-68(86)65(83)70(60(54-77)90-73)91-72-66(84)63(81)62(80)58(52-75)88-72/h16,18,22,24,33,35,56-60,62-73,75-78,80-86H,3-15,17,19-21,23,25-32,34,36-55H2,1-2H3,(H,74,79)/b18-16-,24-22-,35-33-. The van der Waals surface area contributed by atoms with E-state index >= 15 is 0 Å². The molecule has 3 aliphatic heterocycles. The van der Waals surface area contributed by atoms with Gasteiger partial charge >= 0.3 is 0 Å². The highest BCUT2D eigenvalue weighted by Gasteiger charge is 2.53. The first-order valence-corrected chi connectivity index (χ1v) is 37.2. The molecule has 0 aromatic carbocycles. The summed E-state index contributed by atoms with van der Waals surface area (Å²) >= 11 is 0. The van der Waals surface area contributed by atoms with Crippen LogP contribution in [0.15, 0.2) is 36.5 Å². The molecule has 3 fully saturated rings. The highest BCUT2D eigenvalue weighted by Crippen LogP contribution is 2.33. The van der Waals surface area contributed by atoms with Gasteiger partial charge < -0.3 is 89.9 Å². The van der Waals surface area contributed by atoms with Crippen molar-refractivity contribution in [1.82, 2.24) is 5.32 Å². The molecular weight excluding hydrogens is 1180 g/mol. The average molecular weight is 1310 g/mol. The largest absolute Gasteiger partial charge is 0.394 e. The zero-order valence-corrected chi connectivity index (χ0v) is 57.3. The first-order chi connectivity index (χ1) is 44.8. The van der Waals surface area contributed by atoms with Crippen LogP contribution in [-0.4, -0.2) is 193 Å². The summed E-state index contributed by atoms with van der Waals surface area (Å²) in [5.74, 6) is -0.252. The van der Waals surface area contributed by atoms with Gasteiger partial charge in [-0.25, -0.2) is 0 Å². The van der Waals surface area contributed by atoms with Crippen molar-refractivity contribution in [3.63, 3.8) is 0 Å². The summed E-state index contributed by atoms with van der Waals surface area (Å²) in [5.41, 5.74) is 0. The van der Waals surface area contributed by atoms with E-state index in [1.165, 1.54) is 180 Å². The molecule has 92 heavy (non-hydrogen) atoms. The zero-order valence-electron chi connectivity index (χ0n) is 57.3. The van der Waals surface area contributed by atoms with E-state index in [1.54, 1.807) is 0 Å². The number of nitrogens with one attached hydrogen (secondary N) is 1. The number of amides is 1. The number of ether oxygens (including phenoxy) is 6. The number of allylic oxidation sites excluding steroid dienone is 6. The number of carbonyl (C=O) groups is 1. The highest BCUT2D eigenvalue weighted by molar-refractivity contribution is 5.76. The van der Waals surface area contributed by atoms with Gasteiger partial charge in [-0.2, -0.15) is 0 Å². The third kappa shape index (κ3) is 36.0. The van der Waals surface area contributed by atoms with Gasteiger partial charge in [0, 0.05) is 6.42 Å². The SMILES string of the molecule is CCCCCCC/C=C\C/C=C\C/C=C\CCCCCCCCC(=O)NC(COC1OC(CO)C(OC2OC(CO)C(OC3OC(CO)C(O)C(O)C3O)C(O)C2O)C(O)C1O)C(O)CCCCCCCCCCCCCCCCCCCCCCCCCCCC. The van der Waals surface area contributed by atoms with Crippen LogP contribution in [0.3, 0.4) is 0 Å². The molecule has 0 aromatic heterocycles. The zero-order chi connectivity index (χ0) is 66.8. The van der Waals surface area contributed by atoms with E-state index < -0.39 is 124 Å². The molecule has 0 aromatic rings. The number of aliphatic hydroxyl groups excluding tert-OH is 11. The minimum absolute atomic E-state index is 0.252. The van der Waals surface area contributed by atoms with Crippen LogP contribution in [0.2, 0.25) is 0 Å². The van der Waals surface area contributed by atoms with Crippen molar-refractivity contribution >= 4 is 5.91 Å². The second-order valence-corrected chi connectivity index (χ2v) is 26.8. The number of rotatable bonds is 58. The Balaban J connectivity index is 1.41. The van der Waals surface area contributed by atoms with E-state index in [1.807, 2.05) is 0 Å². The van der Waals surface area contributed by atoms with Crippen LogP contribution >= 0.6 is 0 Å². The van der Waals surface area contributed by atoms with Crippen LogP contribution in [0.5, 0.6) is 0 Å². The lowest BCUT2D eigenvalue weighted by atomic mass is 9.96. The summed E-state index contributed by atoms with van der Waals surface area (Å²) in [5, 5.41) is 121. The van der Waals surface area contributed by atoms with Crippen molar-refractivity contribution in [2.45, 2.75) is 394 Å². The molecular formula is C73H135NO18. The summed E-state index contributed by atoms with van der Waals surface area (Å²) in [6.07, 6.45) is 37.9. The Kier molecular flexibility index (Phi) is 50.3. The molecule has 3 heterocycles. The molecule has 3 aliphatic rings. The fourth-order valence-corrected chi connectivity index (χ4v) is 12.7. The first-order valence-electron chi connectivity index (χ1n) is 37.2. The van der Waals surface area contributed by atoms with Crippen LogP contribution in [-0.2, 0) is 33.2 Å². The predicted octanol–water partition coefficient (Wildman–Crippen LogP) is 10.8. The Morgan fingerprint density at radius 1 is 0.391 bits per heavy atom. The molecule has 0 aliphatic carbocycles. The van der Waals surface area contributed by atoms with Crippen LogP contribution < -0.4 is 5.32 Å². The molecule has 0 saturated carbocycles. The Hall–Kier alpha value is -1.99. The number of carbonyl (C=O) groups excluding carboxylic acids is 1. The smallest absolute Gasteiger partial charge is 0.220 e. The Morgan fingerprint density at radius 2 is 0.717 bits per heavy atom. The van der Waals surface area contributed by atoms with Gasteiger partial charge in [-0.3, -0.25) is 4.79 Å². The number of unbranched alkanes of at least 4 members (excludes halogenated alkanes) is 36. The van der Waals surface area contributed by atoms with Crippen molar-refractivity contribution in [3.8, 4) is 0 Å². The summed E-state index contributed by atoms with van der Waals surface area (Å²) in [4.78, 5) is 13.4. The topological polar surface area (TPSA) is 307 Å². The monoisotopic (exact) mass is 1310 g/mol. The van der Waals surface area contributed by atoms with Gasteiger partial charge in [-0.05, 0) is 51.4 Å². The number of hydrogen-bond acceptors (Lipinski definition) is 18. The minimum atomic E-state index is -1.97. The molecule has 3 rings (SSSR count). The van der Waals surface area contributed by atoms with Crippen LogP contribution in [0.25, 0.3) is 0 Å². The molecule has 0 bridgehead atoms. The molecule has 12 N–H and O–H groups in total. The summed E-state index contributed by atoms with van der Waals surface area (Å²) < 4.78 is 34.5. The average Bonchev–Trinajstić information content (AvgIpc) is 0.838. The van der Waals surface area contributed by atoms with Crippen molar-refractivity contribution in [2.24, 2.45) is 0 Å². The van der Waals surface area contributed by atoms with E-state index in [0.717, 1.165) is 77.0 Å². The molecule has 17 unspecified atom stereocenters. The Bertz CT molecular complexity index is 1810. The van der Waals surface area contributed by atoms with Crippen molar-refractivity contribution in [1.29, 1.82) is 0 Å². The minimum Gasteiger partial charge on any atom is -0.394 e. The maximum Gasteiger partial charge on any atom is 0.220 e. The lowest BCUT2D eigenvalue weighted by Crippen LogP contribution is -2.66. The Morgan fingerprint density at radius 3 is 1.12 bits per heavy atom. The quantitative estimate of drug-likeness (QED) is 0.0199. The van der Waals surface area contributed by atoms with Crippen molar-refractivity contribution in [2.75, 3.05) is 26.4 Å². The van der Waals surface area contributed by atoms with Gasteiger partial charge in [-0.15, -0.1) is 0 Å². The molecule has 0 spiro atoms. The maximum atomic E-state index is 13.4. The van der Waals surface area contributed by atoms with E-state index in [0.29, 0.717) is 12.8 Å². The molecule has 540 valence electrons. The predicted molar refractivity (Wildman–Crippen MR) is 360 cm³/mol. The van der Waals surface area contributed by atoms with Gasteiger partial charge in [0.2, 0.25) is 5.91 Å². The van der Waals surface area contributed by atoms with Gasteiger partial charge in [0.05, 0.1) is 38.6 Å². The van der Waals surface area contributed by atoms with Crippen LogP contribution in [0.4, 0.5) is 0 Å². The second-order valence-electron chi connectivity index (χ2n) is 26.8. The molecule has 3 saturated heterocycles. The second kappa shape index (κ2) is 55.0. The van der Waals surface area contributed by atoms with Crippen LogP contribution in [0, 0.1) is 0 Å². The van der Waals surface area contributed by atoms with Gasteiger partial charge in [0.15, 0.2) is 18.9 Å². The molecule has 0 radical (unpaired) electrons. The summed E-state index contributed by atoms with van der Waals surface area (Å²) in [6.45, 7) is 1.81. The van der Waals surface area contributed by atoms with Crippen LogP contribution in [0.1, 0.15) is 290 Å². The molecule has 17 atom stereocenters. The van der Waals surface area contributed by atoms with Gasteiger partial charge in [0.1, 0.15) is 73.2 Å². The van der Waals surface area contributed by atoms with E-state index in [-0.39, 0.29) is 18.9 Å².